The lowest BCUT2D eigenvalue weighted by atomic mass is 10.1. The van der Waals surface area contributed by atoms with Crippen LogP contribution in [0.3, 0.4) is 0 Å². The minimum Gasteiger partial charge on any atom is -0.293 e. The normalized spacial score (nSPS) is 20.7. The lowest BCUT2D eigenvalue weighted by Crippen LogP contribution is -2.33. The van der Waals surface area contributed by atoms with Gasteiger partial charge in [-0.1, -0.05) is 35.0 Å². The second kappa shape index (κ2) is 5.78. The van der Waals surface area contributed by atoms with Gasteiger partial charge in [-0.05, 0) is 37.9 Å². The quantitative estimate of drug-likeness (QED) is 0.793. The Morgan fingerprint density at radius 2 is 2.12 bits per heavy atom. The van der Waals surface area contributed by atoms with E-state index in [1.165, 1.54) is 12.8 Å². The van der Waals surface area contributed by atoms with Crippen LogP contribution in [0.5, 0.6) is 0 Å². The van der Waals surface area contributed by atoms with Crippen LogP contribution in [0.4, 0.5) is 0 Å². The standard InChI is InChI=1S/C14H18BrNO/c1-2-13-4-3-9-16(13)10-14(17)11-5-7-12(15)8-6-11/h5-8,13H,2-4,9-10H2,1H3. The Morgan fingerprint density at radius 3 is 2.76 bits per heavy atom. The molecule has 1 aliphatic heterocycles. The summed E-state index contributed by atoms with van der Waals surface area (Å²) < 4.78 is 1.02. The molecule has 1 aromatic carbocycles. The van der Waals surface area contributed by atoms with Gasteiger partial charge in [0.25, 0.3) is 0 Å². The average molecular weight is 296 g/mol. The molecule has 92 valence electrons. The van der Waals surface area contributed by atoms with Crippen LogP contribution in [0, 0.1) is 0 Å². The number of hydrogen-bond acceptors (Lipinski definition) is 2. The second-order valence-corrected chi connectivity index (χ2v) is 5.52. The Bertz CT molecular complexity index is 388. The molecule has 1 aliphatic rings. The number of hydrogen-bond donors (Lipinski definition) is 0. The van der Waals surface area contributed by atoms with Crippen molar-refractivity contribution < 1.29 is 4.79 Å². The first-order valence-electron chi connectivity index (χ1n) is 6.23. The lowest BCUT2D eigenvalue weighted by Gasteiger charge is -2.22. The van der Waals surface area contributed by atoms with Gasteiger partial charge in [0.1, 0.15) is 0 Å². The van der Waals surface area contributed by atoms with Crippen molar-refractivity contribution in [3.63, 3.8) is 0 Å². The molecular weight excluding hydrogens is 278 g/mol. The maximum atomic E-state index is 12.1. The van der Waals surface area contributed by atoms with Gasteiger partial charge in [0, 0.05) is 16.1 Å². The molecule has 1 aromatic rings. The number of carbonyl (C=O) groups is 1. The van der Waals surface area contributed by atoms with Crippen molar-refractivity contribution in [1.82, 2.24) is 4.90 Å². The Labute approximate surface area is 111 Å². The van der Waals surface area contributed by atoms with Crippen LogP contribution < -0.4 is 0 Å². The minimum absolute atomic E-state index is 0.234. The zero-order chi connectivity index (χ0) is 12.3. The number of nitrogens with zero attached hydrogens (tertiary/aromatic N) is 1. The van der Waals surface area contributed by atoms with Gasteiger partial charge in [0.15, 0.2) is 5.78 Å². The van der Waals surface area contributed by atoms with E-state index in [4.69, 9.17) is 0 Å². The van der Waals surface area contributed by atoms with E-state index in [1.54, 1.807) is 0 Å². The molecule has 0 bridgehead atoms. The van der Waals surface area contributed by atoms with Crippen LogP contribution in [0.25, 0.3) is 0 Å². The third-order valence-electron chi connectivity index (χ3n) is 3.48. The molecular formula is C14H18BrNO. The highest BCUT2D eigenvalue weighted by atomic mass is 79.9. The topological polar surface area (TPSA) is 20.3 Å². The average Bonchev–Trinajstić information content (AvgIpc) is 2.77. The predicted molar refractivity (Wildman–Crippen MR) is 73.4 cm³/mol. The Kier molecular flexibility index (Phi) is 4.35. The van der Waals surface area contributed by atoms with Gasteiger partial charge in [0.2, 0.25) is 0 Å². The van der Waals surface area contributed by atoms with Crippen LogP contribution in [0.15, 0.2) is 28.7 Å². The summed E-state index contributed by atoms with van der Waals surface area (Å²) in [6, 6.07) is 8.24. The van der Waals surface area contributed by atoms with Crippen LogP contribution in [0.1, 0.15) is 36.5 Å². The first kappa shape index (κ1) is 12.8. The van der Waals surface area contributed by atoms with Crippen molar-refractivity contribution in [3.8, 4) is 0 Å². The van der Waals surface area contributed by atoms with Gasteiger partial charge in [-0.25, -0.2) is 0 Å². The predicted octanol–water partition coefficient (Wildman–Crippen LogP) is 3.51. The summed E-state index contributed by atoms with van der Waals surface area (Å²) in [4.78, 5) is 14.4. The molecule has 1 unspecified atom stereocenters. The van der Waals surface area contributed by atoms with Crippen molar-refractivity contribution in [2.45, 2.75) is 32.2 Å². The molecule has 17 heavy (non-hydrogen) atoms. The van der Waals surface area contributed by atoms with E-state index in [0.29, 0.717) is 12.6 Å². The van der Waals surface area contributed by atoms with Gasteiger partial charge >= 0.3 is 0 Å². The van der Waals surface area contributed by atoms with E-state index in [9.17, 15) is 4.79 Å². The lowest BCUT2D eigenvalue weighted by molar-refractivity contribution is 0.0920. The maximum Gasteiger partial charge on any atom is 0.176 e. The summed E-state index contributed by atoms with van der Waals surface area (Å²) in [5.41, 5.74) is 0.815. The Hall–Kier alpha value is -0.670. The Morgan fingerprint density at radius 1 is 1.41 bits per heavy atom. The number of likely N-dealkylation sites (tertiary alicyclic amines) is 1. The molecule has 0 N–H and O–H groups in total. The number of rotatable bonds is 4. The third kappa shape index (κ3) is 3.17. The number of halogens is 1. The molecule has 1 saturated heterocycles. The van der Waals surface area contributed by atoms with Crippen molar-refractivity contribution in [2.24, 2.45) is 0 Å². The van der Waals surface area contributed by atoms with Crippen LogP contribution in [-0.2, 0) is 0 Å². The van der Waals surface area contributed by atoms with E-state index < -0.39 is 0 Å². The third-order valence-corrected chi connectivity index (χ3v) is 4.01. The molecule has 0 aliphatic carbocycles. The molecule has 1 atom stereocenters. The van der Waals surface area contributed by atoms with Crippen molar-refractivity contribution in [2.75, 3.05) is 13.1 Å². The fourth-order valence-electron chi connectivity index (χ4n) is 2.48. The van der Waals surface area contributed by atoms with Crippen molar-refractivity contribution in [1.29, 1.82) is 0 Å². The summed E-state index contributed by atoms with van der Waals surface area (Å²) in [6.45, 7) is 3.84. The van der Waals surface area contributed by atoms with Crippen molar-refractivity contribution in [3.05, 3.63) is 34.3 Å². The highest BCUT2D eigenvalue weighted by Crippen LogP contribution is 2.20. The van der Waals surface area contributed by atoms with Gasteiger partial charge in [0.05, 0.1) is 6.54 Å². The SMILES string of the molecule is CCC1CCCN1CC(=O)c1ccc(Br)cc1. The van der Waals surface area contributed by atoms with E-state index in [0.717, 1.165) is 23.0 Å². The molecule has 2 rings (SSSR count). The number of ketones is 1. The van der Waals surface area contributed by atoms with E-state index in [-0.39, 0.29) is 5.78 Å². The zero-order valence-electron chi connectivity index (χ0n) is 10.2. The van der Waals surface area contributed by atoms with Crippen LogP contribution in [-0.4, -0.2) is 29.8 Å². The van der Waals surface area contributed by atoms with Gasteiger partial charge in [-0.3, -0.25) is 9.69 Å². The molecule has 0 spiro atoms. The number of benzene rings is 1. The molecule has 1 fully saturated rings. The highest BCUT2D eigenvalue weighted by molar-refractivity contribution is 9.10. The van der Waals surface area contributed by atoms with Gasteiger partial charge in [-0.15, -0.1) is 0 Å². The minimum atomic E-state index is 0.234. The van der Waals surface area contributed by atoms with E-state index >= 15 is 0 Å². The highest BCUT2D eigenvalue weighted by Gasteiger charge is 2.24. The van der Waals surface area contributed by atoms with Gasteiger partial charge < -0.3 is 0 Å². The first-order chi connectivity index (χ1) is 8.20. The summed E-state index contributed by atoms with van der Waals surface area (Å²) >= 11 is 3.38. The molecule has 1 heterocycles. The van der Waals surface area contributed by atoms with Crippen LogP contribution in [0.2, 0.25) is 0 Å². The largest absolute Gasteiger partial charge is 0.293 e. The summed E-state index contributed by atoms with van der Waals surface area (Å²) in [7, 11) is 0. The van der Waals surface area contributed by atoms with E-state index in [2.05, 4.69) is 27.8 Å². The molecule has 0 radical (unpaired) electrons. The molecule has 0 amide bonds. The van der Waals surface area contributed by atoms with Gasteiger partial charge in [-0.2, -0.15) is 0 Å². The molecule has 0 saturated carbocycles. The fourth-order valence-corrected chi connectivity index (χ4v) is 2.74. The zero-order valence-corrected chi connectivity index (χ0v) is 11.7. The molecule has 2 nitrogen and oxygen atoms in total. The first-order valence-corrected chi connectivity index (χ1v) is 7.03. The second-order valence-electron chi connectivity index (χ2n) is 4.60. The monoisotopic (exact) mass is 295 g/mol. The number of Topliss-reactive ketones (excluding diaryl/α,β-unsaturated/α-hetero) is 1. The smallest absolute Gasteiger partial charge is 0.176 e. The Balaban J connectivity index is 1.99. The van der Waals surface area contributed by atoms with E-state index in [1.807, 2.05) is 24.3 Å². The summed E-state index contributed by atoms with van der Waals surface area (Å²) in [6.07, 6.45) is 3.61. The summed E-state index contributed by atoms with van der Waals surface area (Å²) in [5, 5.41) is 0. The van der Waals surface area contributed by atoms with Crippen LogP contribution >= 0.6 is 15.9 Å². The molecule has 3 heteroatoms. The number of carbonyl (C=O) groups excluding carboxylic acids is 1. The maximum absolute atomic E-state index is 12.1. The van der Waals surface area contributed by atoms with Crippen molar-refractivity contribution >= 4 is 21.7 Å². The fraction of sp³-hybridized carbons (Fsp3) is 0.500. The molecule has 0 aromatic heterocycles. The summed E-state index contributed by atoms with van der Waals surface area (Å²) in [5.74, 6) is 0.234.